The van der Waals surface area contributed by atoms with E-state index in [4.69, 9.17) is 5.11 Å². The Morgan fingerprint density at radius 1 is 1.35 bits per heavy atom. The third-order valence-corrected chi connectivity index (χ3v) is 3.04. The van der Waals surface area contributed by atoms with Crippen LogP contribution in [0.15, 0.2) is 30.2 Å². The first-order chi connectivity index (χ1) is 9.52. The van der Waals surface area contributed by atoms with Gasteiger partial charge in [-0.15, -0.1) is 17.9 Å². The van der Waals surface area contributed by atoms with Crippen LogP contribution in [0.4, 0.5) is 0 Å². The Labute approximate surface area is 119 Å². The van der Waals surface area contributed by atoms with Gasteiger partial charge >= 0.3 is 5.97 Å². The largest absolute Gasteiger partial charge is 0.480 e. The normalized spacial score (nSPS) is 10.1. The van der Waals surface area contributed by atoms with Crippen molar-refractivity contribution in [2.75, 3.05) is 19.6 Å². The monoisotopic (exact) mass is 297 g/mol. The maximum atomic E-state index is 11.6. The van der Waals surface area contributed by atoms with Crippen LogP contribution >= 0.6 is 11.3 Å². The highest BCUT2D eigenvalue weighted by molar-refractivity contribution is 7.12. The van der Waals surface area contributed by atoms with Crippen molar-refractivity contribution >= 4 is 29.1 Å². The lowest BCUT2D eigenvalue weighted by molar-refractivity contribution is -0.138. The number of carboxylic acid groups (broad SMARTS) is 1. The number of carbonyl (C=O) groups is 3. The molecule has 1 aromatic heterocycles. The molecule has 8 heteroatoms. The zero-order valence-electron chi connectivity index (χ0n) is 10.7. The van der Waals surface area contributed by atoms with Gasteiger partial charge in [0.1, 0.15) is 0 Å². The molecule has 0 fully saturated rings. The molecule has 0 saturated carbocycles. The average Bonchev–Trinajstić information content (AvgIpc) is 2.89. The molecule has 0 aliphatic carbocycles. The predicted molar refractivity (Wildman–Crippen MR) is 74.2 cm³/mol. The van der Waals surface area contributed by atoms with E-state index in [1.807, 2.05) is 0 Å². The molecule has 0 aliphatic heterocycles. The van der Waals surface area contributed by atoms with Gasteiger partial charge in [0, 0.05) is 6.54 Å². The number of rotatable bonds is 7. The molecule has 20 heavy (non-hydrogen) atoms. The van der Waals surface area contributed by atoms with Crippen molar-refractivity contribution in [2.24, 2.45) is 0 Å². The van der Waals surface area contributed by atoms with Gasteiger partial charge in [-0.3, -0.25) is 30.1 Å². The van der Waals surface area contributed by atoms with Crippen LogP contribution in [-0.4, -0.2) is 47.4 Å². The van der Waals surface area contributed by atoms with Gasteiger partial charge in [-0.05, 0) is 11.4 Å². The van der Waals surface area contributed by atoms with Crippen molar-refractivity contribution < 1.29 is 19.5 Å². The van der Waals surface area contributed by atoms with Crippen molar-refractivity contribution in [2.45, 2.75) is 0 Å². The summed E-state index contributed by atoms with van der Waals surface area (Å²) in [5.74, 6) is -1.96. The van der Waals surface area contributed by atoms with Gasteiger partial charge in [-0.1, -0.05) is 12.1 Å². The highest BCUT2D eigenvalue weighted by atomic mass is 32.1. The lowest BCUT2D eigenvalue weighted by atomic mass is 10.4. The number of thiophene rings is 1. The molecule has 1 heterocycles. The Morgan fingerprint density at radius 2 is 2.10 bits per heavy atom. The van der Waals surface area contributed by atoms with Crippen molar-refractivity contribution in [3.05, 3.63) is 35.0 Å². The third-order valence-electron chi connectivity index (χ3n) is 2.17. The second kappa shape index (κ2) is 8.08. The summed E-state index contributed by atoms with van der Waals surface area (Å²) in [6, 6.07) is 3.35. The smallest absolute Gasteiger partial charge is 0.317 e. The quantitative estimate of drug-likeness (QED) is 0.489. The predicted octanol–water partition coefficient (Wildman–Crippen LogP) is 0.0817. The number of hydrazine groups is 1. The van der Waals surface area contributed by atoms with E-state index in [-0.39, 0.29) is 19.6 Å². The van der Waals surface area contributed by atoms with Crippen molar-refractivity contribution in [3.63, 3.8) is 0 Å². The van der Waals surface area contributed by atoms with Crippen LogP contribution in [0.5, 0.6) is 0 Å². The van der Waals surface area contributed by atoms with Gasteiger partial charge in [0.05, 0.1) is 18.0 Å². The number of aliphatic carboxylic acids is 1. The highest BCUT2D eigenvalue weighted by Crippen LogP contribution is 2.06. The first-order valence-corrected chi connectivity index (χ1v) is 6.58. The molecule has 0 unspecified atom stereocenters. The zero-order chi connectivity index (χ0) is 15.0. The Kier molecular flexibility index (Phi) is 6.41. The Balaban J connectivity index is 2.39. The van der Waals surface area contributed by atoms with Crippen molar-refractivity contribution in [3.8, 4) is 0 Å². The summed E-state index contributed by atoms with van der Waals surface area (Å²) in [4.78, 5) is 35.6. The van der Waals surface area contributed by atoms with Gasteiger partial charge in [0.2, 0.25) is 0 Å². The Hall–Kier alpha value is -2.19. The molecular formula is C12H15N3O4S. The molecule has 2 amide bonds. The van der Waals surface area contributed by atoms with Gasteiger partial charge in [0.25, 0.3) is 11.8 Å². The molecule has 7 nitrogen and oxygen atoms in total. The second-order valence-corrected chi connectivity index (χ2v) is 4.78. The fraction of sp³-hybridized carbons (Fsp3) is 0.250. The van der Waals surface area contributed by atoms with Crippen LogP contribution in [0, 0.1) is 0 Å². The fourth-order valence-corrected chi connectivity index (χ4v) is 2.02. The summed E-state index contributed by atoms with van der Waals surface area (Å²) in [6.45, 7) is 3.32. The number of amides is 2. The maximum absolute atomic E-state index is 11.6. The minimum absolute atomic E-state index is 0.150. The number of carboxylic acids is 1. The maximum Gasteiger partial charge on any atom is 0.317 e. The van der Waals surface area contributed by atoms with E-state index in [1.54, 1.807) is 17.5 Å². The molecule has 1 aromatic rings. The van der Waals surface area contributed by atoms with E-state index in [1.165, 1.54) is 22.3 Å². The van der Waals surface area contributed by atoms with Gasteiger partial charge in [-0.2, -0.15) is 0 Å². The summed E-state index contributed by atoms with van der Waals surface area (Å²) in [5, 5.41) is 10.4. The molecule has 3 N–H and O–H groups in total. The molecule has 0 aromatic carbocycles. The van der Waals surface area contributed by atoms with Crippen LogP contribution in [0.3, 0.4) is 0 Å². The van der Waals surface area contributed by atoms with Crippen LogP contribution in [-0.2, 0) is 9.59 Å². The number of hydrogen-bond acceptors (Lipinski definition) is 5. The van der Waals surface area contributed by atoms with Crippen LogP contribution < -0.4 is 10.9 Å². The first-order valence-electron chi connectivity index (χ1n) is 5.70. The molecule has 0 aliphatic rings. The van der Waals surface area contributed by atoms with E-state index in [9.17, 15) is 14.4 Å². The summed E-state index contributed by atoms with van der Waals surface area (Å²) in [5.41, 5.74) is 4.49. The third kappa shape index (κ3) is 5.63. The second-order valence-electron chi connectivity index (χ2n) is 3.83. The Morgan fingerprint density at radius 3 is 2.65 bits per heavy atom. The summed E-state index contributed by atoms with van der Waals surface area (Å²) in [7, 11) is 0. The summed E-state index contributed by atoms with van der Waals surface area (Å²) in [6.07, 6.45) is 1.50. The molecular weight excluding hydrogens is 282 g/mol. The van der Waals surface area contributed by atoms with Gasteiger partial charge in [0.15, 0.2) is 0 Å². The van der Waals surface area contributed by atoms with E-state index in [0.717, 1.165) is 0 Å². The minimum Gasteiger partial charge on any atom is -0.480 e. The zero-order valence-corrected chi connectivity index (χ0v) is 11.5. The van der Waals surface area contributed by atoms with Gasteiger partial charge in [-0.25, -0.2) is 0 Å². The average molecular weight is 297 g/mol. The van der Waals surface area contributed by atoms with Crippen molar-refractivity contribution in [1.29, 1.82) is 0 Å². The van der Waals surface area contributed by atoms with E-state index in [2.05, 4.69) is 17.4 Å². The van der Waals surface area contributed by atoms with E-state index >= 15 is 0 Å². The molecule has 0 radical (unpaired) electrons. The Bertz CT molecular complexity index is 487. The van der Waals surface area contributed by atoms with Crippen LogP contribution in [0.25, 0.3) is 0 Å². The summed E-state index contributed by atoms with van der Waals surface area (Å²) >= 11 is 1.25. The molecule has 0 spiro atoms. The molecule has 108 valence electrons. The van der Waals surface area contributed by atoms with E-state index < -0.39 is 17.8 Å². The molecule has 1 rings (SSSR count). The van der Waals surface area contributed by atoms with Crippen LogP contribution in [0.1, 0.15) is 9.67 Å². The summed E-state index contributed by atoms with van der Waals surface area (Å²) < 4.78 is 0. The standard InChI is InChI=1S/C12H15N3O4S/c1-2-5-15(8-11(17)18)7-10(16)13-14-12(19)9-4-3-6-20-9/h2-4,6H,1,5,7-8H2,(H,13,16)(H,14,19)(H,17,18). The number of carbonyl (C=O) groups excluding carboxylic acids is 2. The first kappa shape index (κ1) is 15.9. The van der Waals surface area contributed by atoms with Gasteiger partial charge < -0.3 is 5.11 Å². The fourth-order valence-electron chi connectivity index (χ4n) is 1.40. The number of hydrogen-bond donors (Lipinski definition) is 3. The number of nitrogens with one attached hydrogen (secondary N) is 2. The van der Waals surface area contributed by atoms with Crippen molar-refractivity contribution in [1.82, 2.24) is 15.8 Å². The topological polar surface area (TPSA) is 98.7 Å². The molecule has 0 saturated heterocycles. The van der Waals surface area contributed by atoms with Crippen LogP contribution in [0.2, 0.25) is 0 Å². The molecule has 0 bridgehead atoms. The van der Waals surface area contributed by atoms with E-state index in [0.29, 0.717) is 4.88 Å². The highest BCUT2D eigenvalue weighted by Gasteiger charge is 2.13. The number of nitrogens with zero attached hydrogens (tertiary/aromatic N) is 1. The lowest BCUT2D eigenvalue weighted by Gasteiger charge is -2.17. The lowest BCUT2D eigenvalue weighted by Crippen LogP contribution is -2.47. The molecule has 0 atom stereocenters. The SMILES string of the molecule is C=CCN(CC(=O)O)CC(=O)NNC(=O)c1cccs1. The minimum atomic E-state index is -1.04.